The van der Waals surface area contributed by atoms with Crippen LogP contribution in [0.1, 0.15) is 25.7 Å². The second kappa shape index (κ2) is 4.88. The Balaban J connectivity index is 1.79. The van der Waals surface area contributed by atoms with Crippen molar-refractivity contribution in [1.29, 1.82) is 0 Å². The fourth-order valence-electron chi connectivity index (χ4n) is 2.41. The molecule has 1 aromatic heterocycles. The predicted octanol–water partition coefficient (Wildman–Crippen LogP) is 4.16. The van der Waals surface area contributed by atoms with Gasteiger partial charge in [-0.1, -0.05) is 25.0 Å². The van der Waals surface area contributed by atoms with Crippen LogP contribution in [-0.2, 0) is 0 Å². The van der Waals surface area contributed by atoms with Crippen LogP contribution in [0.3, 0.4) is 0 Å². The van der Waals surface area contributed by atoms with Crippen LogP contribution in [-0.4, -0.2) is 11.0 Å². The lowest BCUT2D eigenvalue weighted by atomic mass is 10.2. The number of rotatable bonds is 3. The minimum Gasteiger partial charge on any atom is -0.382 e. The number of benzene rings is 1. The van der Waals surface area contributed by atoms with Gasteiger partial charge in [0.25, 0.3) is 0 Å². The average Bonchev–Trinajstić information content (AvgIpc) is 3.01. The Morgan fingerprint density at radius 3 is 2.88 bits per heavy atom. The molecule has 3 heteroatoms. The highest BCUT2D eigenvalue weighted by molar-refractivity contribution is 7.13. The fraction of sp³-hybridized carbons (Fsp3) is 0.357. The molecule has 1 N–H and O–H groups in total. The van der Waals surface area contributed by atoms with Crippen LogP contribution in [0.15, 0.2) is 35.8 Å². The van der Waals surface area contributed by atoms with Crippen molar-refractivity contribution in [3.05, 3.63) is 35.8 Å². The third kappa shape index (κ3) is 2.50. The first-order valence-corrected chi connectivity index (χ1v) is 7.06. The number of thiazole rings is 1. The number of hydrogen-bond acceptors (Lipinski definition) is 3. The second-order valence-corrected chi connectivity index (χ2v) is 5.44. The van der Waals surface area contributed by atoms with Crippen molar-refractivity contribution in [2.24, 2.45) is 0 Å². The molecule has 17 heavy (non-hydrogen) atoms. The fourth-order valence-corrected chi connectivity index (χ4v) is 3.05. The average molecular weight is 244 g/mol. The van der Waals surface area contributed by atoms with E-state index in [1.165, 1.54) is 36.9 Å². The maximum atomic E-state index is 4.35. The van der Waals surface area contributed by atoms with Gasteiger partial charge in [0.1, 0.15) is 5.01 Å². The Bertz CT molecular complexity index is 473. The topological polar surface area (TPSA) is 24.9 Å². The molecule has 0 unspecified atom stereocenters. The van der Waals surface area contributed by atoms with Crippen LogP contribution in [0.4, 0.5) is 5.69 Å². The Morgan fingerprint density at radius 1 is 1.24 bits per heavy atom. The lowest BCUT2D eigenvalue weighted by molar-refractivity contribution is 0.755. The number of nitrogens with one attached hydrogen (secondary N) is 1. The molecule has 3 rings (SSSR count). The van der Waals surface area contributed by atoms with Gasteiger partial charge >= 0.3 is 0 Å². The molecule has 0 radical (unpaired) electrons. The molecule has 1 saturated carbocycles. The van der Waals surface area contributed by atoms with Crippen LogP contribution in [0.25, 0.3) is 10.6 Å². The molecule has 88 valence electrons. The molecular weight excluding hydrogens is 228 g/mol. The van der Waals surface area contributed by atoms with Crippen LogP contribution >= 0.6 is 11.3 Å². The molecule has 0 amide bonds. The molecule has 1 aliphatic rings. The summed E-state index contributed by atoms with van der Waals surface area (Å²) in [4.78, 5) is 4.35. The molecule has 0 spiro atoms. The standard InChI is InChI=1S/C14H16N2S/c1-2-6-12(5-1)16-13-7-3-4-11(10-13)14-15-8-9-17-14/h3-4,7-10,12,16H,1-2,5-6H2. The number of hydrogen-bond donors (Lipinski definition) is 1. The molecule has 0 aliphatic heterocycles. The first kappa shape index (κ1) is 10.8. The normalized spacial score (nSPS) is 16.2. The molecule has 1 aromatic carbocycles. The molecular formula is C14H16N2S. The van der Waals surface area contributed by atoms with Crippen LogP contribution in [0.2, 0.25) is 0 Å². The number of aromatic nitrogens is 1. The monoisotopic (exact) mass is 244 g/mol. The largest absolute Gasteiger partial charge is 0.382 e. The Morgan fingerprint density at radius 2 is 2.12 bits per heavy atom. The minimum absolute atomic E-state index is 0.668. The highest BCUT2D eigenvalue weighted by Gasteiger charge is 2.14. The molecule has 1 heterocycles. The summed E-state index contributed by atoms with van der Waals surface area (Å²) in [6.07, 6.45) is 7.20. The maximum absolute atomic E-state index is 4.35. The van der Waals surface area contributed by atoms with Crippen LogP contribution in [0, 0.1) is 0 Å². The molecule has 0 atom stereocenters. The summed E-state index contributed by atoms with van der Waals surface area (Å²) in [5.41, 5.74) is 2.44. The summed E-state index contributed by atoms with van der Waals surface area (Å²) in [5.74, 6) is 0. The van der Waals surface area contributed by atoms with Crippen molar-refractivity contribution in [3.63, 3.8) is 0 Å². The molecule has 2 aromatic rings. The summed E-state index contributed by atoms with van der Waals surface area (Å²) >= 11 is 1.69. The predicted molar refractivity (Wildman–Crippen MR) is 73.4 cm³/mol. The summed E-state index contributed by atoms with van der Waals surface area (Å²) in [6, 6.07) is 9.25. The van der Waals surface area contributed by atoms with E-state index in [1.54, 1.807) is 11.3 Å². The van der Waals surface area contributed by atoms with Crippen molar-refractivity contribution in [2.45, 2.75) is 31.7 Å². The van der Waals surface area contributed by atoms with Gasteiger partial charge in [-0.3, -0.25) is 0 Å². The molecule has 1 fully saturated rings. The second-order valence-electron chi connectivity index (χ2n) is 4.54. The van der Waals surface area contributed by atoms with E-state index in [2.05, 4.69) is 34.6 Å². The van der Waals surface area contributed by atoms with E-state index in [9.17, 15) is 0 Å². The number of nitrogens with zero attached hydrogens (tertiary/aromatic N) is 1. The minimum atomic E-state index is 0.668. The van der Waals surface area contributed by atoms with E-state index >= 15 is 0 Å². The van der Waals surface area contributed by atoms with E-state index in [0.29, 0.717) is 6.04 Å². The summed E-state index contributed by atoms with van der Waals surface area (Å²) < 4.78 is 0. The van der Waals surface area contributed by atoms with Gasteiger partial charge in [0, 0.05) is 28.9 Å². The summed E-state index contributed by atoms with van der Waals surface area (Å²) in [7, 11) is 0. The number of anilines is 1. The Labute approximate surface area is 106 Å². The van der Waals surface area contributed by atoms with E-state index in [4.69, 9.17) is 0 Å². The zero-order valence-electron chi connectivity index (χ0n) is 9.73. The quantitative estimate of drug-likeness (QED) is 0.876. The van der Waals surface area contributed by atoms with E-state index in [1.807, 2.05) is 11.6 Å². The van der Waals surface area contributed by atoms with Gasteiger partial charge in [-0.2, -0.15) is 0 Å². The maximum Gasteiger partial charge on any atom is 0.123 e. The van der Waals surface area contributed by atoms with Gasteiger partial charge in [0.05, 0.1) is 0 Å². The van der Waals surface area contributed by atoms with Gasteiger partial charge in [-0.15, -0.1) is 11.3 Å². The van der Waals surface area contributed by atoms with Crippen molar-refractivity contribution in [1.82, 2.24) is 4.98 Å². The van der Waals surface area contributed by atoms with Gasteiger partial charge in [-0.25, -0.2) is 4.98 Å². The smallest absolute Gasteiger partial charge is 0.123 e. The van der Waals surface area contributed by atoms with Gasteiger partial charge in [-0.05, 0) is 25.0 Å². The highest BCUT2D eigenvalue weighted by atomic mass is 32.1. The first-order chi connectivity index (χ1) is 8.42. The molecule has 1 aliphatic carbocycles. The SMILES string of the molecule is c1cc(NC2CCCC2)cc(-c2nccs2)c1. The van der Waals surface area contributed by atoms with Crippen molar-refractivity contribution in [2.75, 3.05) is 5.32 Å². The van der Waals surface area contributed by atoms with Gasteiger partial charge in [0.15, 0.2) is 0 Å². The zero-order chi connectivity index (χ0) is 11.5. The lowest BCUT2D eigenvalue weighted by Gasteiger charge is -2.13. The Kier molecular flexibility index (Phi) is 3.10. The zero-order valence-corrected chi connectivity index (χ0v) is 10.5. The third-order valence-corrected chi connectivity index (χ3v) is 4.09. The molecule has 2 nitrogen and oxygen atoms in total. The lowest BCUT2D eigenvalue weighted by Crippen LogP contribution is -2.14. The Hall–Kier alpha value is -1.35. The van der Waals surface area contributed by atoms with Crippen molar-refractivity contribution >= 4 is 17.0 Å². The molecule has 0 saturated heterocycles. The van der Waals surface area contributed by atoms with Gasteiger partial charge < -0.3 is 5.32 Å². The summed E-state index contributed by atoms with van der Waals surface area (Å²) in [6.45, 7) is 0. The molecule has 0 bridgehead atoms. The van der Waals surface area contributed by atoms with Crippen molar-refractivity contribution in [3.8, 4) is 10.6 Å². The summed E-state index contributed by atoms with van der Waals surface area (Å²) in [5, 5.41) is 6.74. The van der Waals surface area contributed by atoms with E-state index in [-0.39, 0.29) is 0 Å². The third-order valence-electron chi connectivity index (χ3n) is 3.27. The first-order valence-electron chi connectivity index (χ1n) is 6.18. The van der Waals surface area contributed by atoms with E-state index in [0.717, 1.165) is 5.01 Å². The van der Waals surface area contributed by atoms with Crippen LogP contribution < -0.4 is 5.32 Å². The van der Waals surface area contributed by atoms with Crippen molar-refractivity contribution < 1.29 is 0 Å². The van der Waals surface area contributed by atoms with Crippen LogP contribution in [0.5, 0.6) is 0 Å². The van der Waals surface area contributed by atoms with E-state index < -0.39 is 0 Å². The van der Waals surface area contributed by atoms with Gasteiger partial charge in [0.2, 0.25) is 0 Å². The highest BCUT2D eigenvalue weighted by Crippen LogP contribution is 2.27.